The number of para-hydroxylation sites is 2. The van der Waals surface area contributed by atoms with Gasteiger partial charge in [0, 0.05) is 23.8 Å². The fraction of sp³-hybridized carbons (Fsp3) is 0.304. The van der Waals surface area contributed by atoms with E-state index in [1.165, 1.54) is 0 Å². The molecule has 0 aliphatic heterocycles. The van der Waals surface area contributed by atoms with E-state index in [2.05, 4.69) is 0 Å². The lowest BCUT2D eigenvalue weighted by molar-refractivity contribution is -0.143. The molecule has 1 N–H and O–H groups in total. The van der Waals surface area contributed by atoms with E-state index in [0.29, 0.717) is 19.4 Å². The number of carboxylic acid groups (broad SMARTS) is 1. The Morgan fingerprint density at radius 2 is 1.62 bits per heavy atom. The van der Waals surface area contributed by atoms with Gasteiger partial charge in [0.1, 0.15) is 0 Å². The molecule has 1 aliphatic carbocycles. The summed E-state index contributed by atoms with van der Waals surface area (Å²) in [4.78, 5) is 33.4. The number of fused-ring (bicyclic) bond motifs is 4. The van der Waals surface area contributed by atoms with Crippen molar-refractivity contribution in [3.05, 3.63) is 59.8 Å². The fourth-order valence-electron chi connectivity index (χ4n) is 4.26. The van der Waals surface area contributed by atoms with Gasteiger partial charge in [-0.3, -0.25) is 9.59 Å². The summed E-state index contributed by atoms with van der Waals surface area (Å²) in [7, 11) is 0. The molecule has 1 aliphatic rings. The zero-order valence-corrected chi connectivity index (χ0v) is 16.2. The van der Waals surface area contributed by atoms with Crippen molar-refractivity contribution in [2.24, 2.45) is 0 Å². The minimum absolute atomic E-state index is 0.0227. The van der Waals surface area contributed by atoms with Crippen molar-refractivity contribution in [2.45, 2.75) is 38.0 Å². The van der Waals surface area contributed by atoms with Gasteiger partial charge in [0.15, 0.2) is 0 Å². The Morgan fingerprint density at radius 1 is 0.966 bits per heavy atom. The molecule has 29 heavy (non-hydrogen) atoms. The van der Waals surface area contributed by atoms with Crippen LogP contribution in [-0.2, 0) is 19.7 Å². The second-order valence-corrected chi connectivity index (χ2v) is 7.24. The Balaban J connectivity index is 1.89. The van der Waals surface area contributed by atoms with Crippen molar-refractivity contribution in [2.75, 3.05) is 6.61 Å². The van der Waals surface area contributed by atoms with Crippen LogP contribution in [0.5, 0.6) is 0 Å². The van der Waals surface area contributed by atoms with Gasteiger partial charge < -0.3 is 9.84 Å². The number of esters is 1. The molecule has 3 aromatic rings. The number of nitrogens with zero attached hydrogens (tertiary/aromatic N) is 2. The van der Waals surface area contributed by atoms with Crippen LogP contribution >= 0.6 is 0 Å². The van der Waals surface area contributed by atoms with E-state index in [0.717, 1.165) is 33.5 Å². The van der Waals surface area contributed by atoms with Crippen LogP contribution in [0.1, 0.15) is 43.9 Å². The lowest BCUT2D eigenvalue weighted by Crippen LogP contribution is -2.29. The maximum Gasteiger partial charge on any atom is 0.305 e. The van der Waals surface area contributed by atoms with Crippen LogP contribution in [0.15, 0.2) is 48.5 Å². The Labute approximate surface area is 168 Å². The van der Waals surface area contributed by atoms with Gasteiger partial charge in [-0.2, -0.15) is 0 Å². The van der Waals surface area contributed by atoms with E-state index >= 15 is 0 Å². The summed E-state index contributed by atoms with van der Waals surface area (Å²) < 4.78 is 5.13. The van der Waals surface area contributed by atoms with Crippen LogP contribution in [0.2, 0.25) is 0 Å². The third-order valence-electron chi connectivity index (χ3n) is 5.55. The number of carbonyl (C=O) groups excluding carboxylic acids is 1. The maximum absolute atomic E-state index is 12.1. The zero-order chi connectivity index (χ0) is 20.4. The number of carbonyl (C=O) groups is 2. The van der Waals surface area contributed by atoms with Gasteiger partial charge in [0.25, 0.3) is 0 Å². The van der Waals surface area contributed by atoms with Crippen molar-refractivity contribution in [1.82, 2.24) is 9.97 Å². The summed E-state index contributed by atoms with van der Waals surface area (Å²) in [6.45, 7) is 2.09. The molecule has 148 valence electrons. The number of hydrogen-bond donors (Lipinski definition) is 1. The van der Waals surface area contributed by atoms with Crippen LogP contribution in [0.4, 0.5) is 0 Å². The van der Waals surface area contributed by atoms with Gasteiger partial charge >= 0.3 is 11.9 Å². The minimum Gasteiger partial charge on any atom is -0.481 e. The maximum atomic E-state index is 12.1. The summed E-state index contributed by atoms with van der Waals surface area (Å²) in [6, 6.07) is 15.5. The van der Waals surface area contributed by atoms with Crippen LogP contribution in [0, 0.1) is 0 Å². The molecule has 1 unspecified atom stereocenters. The number of ether oxygens (including phenoxy) is 1. The minimum atomic E-state index is -0.875. The van der Waals surface area contributed by atoms with Crippen molar-refractivity contribution in [1.29, 1.82) is 0 Å². The van der Waals surface area contributed by atoms with Gasteiger partial charge in [-0.25, -0.2) is 9.97 Å². The number of rotatable bonds is 7. The Bertz CT molecular complexity index is 1100. The first-order valence-corrected chi connectivity index (χ1v) is 9.80. The van der Waals surface area contributed by atoms with E-state index < -0.39 is 11.4 Å². The predicted octanol–water partition coefficient (Wildman–Crippen LogP) is 4.10. The highest BCUT2D eigenvalue weighted by Gasteiger charge is 2.45. The number of carboxylic acids is 1. The monoisotopic (exact) mass is 390 g/mol. The first kappa shape index (κ1) is 19.1. The molecule has 4 rings (SSSR count). The Kier molecular flexibility index (Phi) is 5.01. The van der Waals surface area contributed by atoms with Crippen molar-refractivity contribution in [3.63, 3.8) is 0 Å². The molecular weight excluding hydrogens is 368 g/mol. The molecule has 2 aromatic carbocycles. The van der Waals surface area contributed by atoms with E-state index in [-0.39, 0.29) is 18.8 Å². The topological polar surface area (TPSA) is 89.4 Å². The van der Waals surface area contributed by atoms with Crippen molar-refractivity contribution < 1.29 is 19.4 Å². The lowest BCUT2D eigenvalue weighted by atomic mass is 9.73. The predicted molar refractivity (Wildman–Crippen MR) is 108 cm³/mol. The molecule has 6 nitrogen and oxygen atoms in total. The number of aliphatic carboxylic acids is 1. The quantitative estimate of drug-likeness (QED) is 0.611. The summed E-state index contributed by atoms with van der Waals surface area (Å²) in [5.41, 5.74) is 4.33. The van der Waals surface area contributed by atoms with Crippen LogP contribution < -0.4 is 0 Å². The van der Waals surface area contributed by atoms with Gasteiger partial charge in [-0.15, -0.1) is 0 Å². The lowest BCUT2D eigenvalue weighted by Gasteiger charge is -2.30. The average Bonchev–Trinajstić information content (AvgIpc) is 2.99. The Hall–Kier alpha value is -3.28. The summed E-state index contributed by atoms with van der Waals surface area (Å²) in [6.07, 6.45) is 0.940. The molecule has 1 aromatic heterocycles. The third-order valence-corrected chi connectivity index (χ3v) is 5.55. The van der Waals surface area contributed by atoms with Gasteiger partial charge in [-0.1, -0.05) is 36.4 Å². The van der Waals surface area contributed by atoms with Crippen LogP contribution in [0.3, 0.4) is 0 Å². The molecule has 0 amide bonds. The van der Waals surface area contributed by atoms with Crippen molar-refractivity contribution in [3.8, 4) is 11.3 Å². The fourth-order valence-corrected chi connectivity index (χ4v) is 4.26. The number of benzene rings is 2. The summed E-state index contributed by atoms with van der Waals surface area (Å²) >= 11 is 0. The van der Waals surface area contributed by atoms with E-state index in [4.69, 9.17) is 14.7 Å². The smallest absolute Gasteiger partial charge is 0.305 e. The highest BCUT2D eigenvalue weighted by molar-refractivity contribution is 5.84. The SMILES string of the molecule is CCOC(=O)CCC1(CCC(=O)O)c2ccccc2-c2nc3ccccc3nc21. The molecule has 0 saturated heterocycles. The first-order chi connectivity index (χ1) is 14.0. The molecule has 0 spiro atoms. The second-order valence-electron chi connectivity index (χ2n) is 7.24. The molecule has 0 bridgehead atoms. The largest absolute Gasteiger partial charge is 0.481 e. The zero-order valence-electron chi connectivity index (χ0n) is 16.2. The summed E-state index contributed by atoms with van der Waals surface area (Å²) in [5.74, 6) is -1.16. The molecule has 6 heteroatoms. The number of aromatic nitrogens is 2. The van der Waals surface area contributed by atoms with Gasteiger partial charge in [0.2, 0.25) is 0 Å². The standard InChI is InChI=1S/C23H22N2O4/c1-2-29-20(28)12-14-23(13-11-19(26)27)16-8-4-3-7-15(16)21-22(23)25-18-10-6-5-9-17(18)24-21/h3-10H,2,11-14H2,1H3,(H,26,27). The molecule has 0 fully saturated rings. The average molecular weight is 390 g/mol. The molecule has 1 heterocycles. The van der Waals surface area contributed by atoms with E-state index in [1.807, 2.05) is 48.5 Å². The van der Waals surface area contributed by atoms with Crippen LogP contribution in [-0.4, -0.2) is 33.6 Å². The molecule has 0 saturated carbocycles. The molecular formula is C23H22N2O4. The molecule has 1 atom stereocenters. The van der Waals surface area contributed by atoms with Gasteiger partial charge in [-0.05, 0) is 37.5 Å². The van der Waals surface area contributed by atoms with E-state index in [9.17, 15) is 14.7 Å². The third kappa shape index (κ3) is 3.35. The molecule has 0 radical (unpaired) electrons. The Morgan fingerprint density at radius 3 is 2.34 bits per heavy atom. The highest BCUT2D eigenvalue weighted by Crippen LogP contribution is 2.52. The first-order valence-electron chi connectivity index (χ1n) is 9.80. The van der Waals surface area contributed by atoms with Gasteiger partial charge in [0.05, 0.1) is 29.0 Å². The number of hydrogen-bond acceptors (Lipinski definition) is 5. The second kappa shape index (κ2) is 7.62. The normalized spacial score (nSPS) is 17.0. The highest BCUT2D eigenvalue weighted by atomic mass is 16.5. The van der Waals surface area contributed by atoms with Crippen molar-refractivity contribution >= 4 is 23.0 Å². The summed E-state index contributed by atoms with van der Waals surface area (Å²) in [5, 5.41) is 9.39. The van der Waals surface area contributed by atoms with Crippen LogP contribution in [0.25, 0.3) is 22.3 Å². The van der Waals surface area contributed by atoms with E-state index in [1.54, 1.807) is 6.92 Å².